The fourth-order valence-corrected chi connectivity index (χ4v) is 1.67. The number of nitrogens with two attached hydrogens (primary N) is 1. The van der Waals surface area contributed by atoms with Crippen LogP contribution in [0.15, 0.2) is 12.5 Å². The lowest BCUT2D eigenvalue weighted by molar-refractivity contribution is 0.191. The summed E-state index contributed by atoms with van der Waals surface area (Å²) in [5.41, 5.74) is 7.26. The van der Waals surface area contributed by atoms with Crippen molar-refractivity contribution in [2.24, 2.45) is 11.7 Å². The molecule has 0 amide bonds. The third-order valence-electron chi connectivity index (χ3n) is 2.80. The smallest absolute Gasteiger partial charge is 0.0948 e. The van der Waals surface area contributed by atoms with E-state index in [9.17, 15) is 0 Å². The number of hydrogen-bond acceptors (Lipinski definition) is 3. The Labute approximate surface area is 97.8 Å². The summed E-state index contributed by atoms with van der Waals surface area (Å²) in [5.74, 6) is 0.439. The second-order valence-corrected chi connectivity index (χ2v) is 4.48. The Hall–Kier alpha value is -0.870. The van der Waals surface area contributed by atoms with Crippen molar-refractivity contribution in [3.05, 3.63) is 18.2 Å². The summed E-state index contributed by atoms with van der Waals surface area (Å²) in [7, 11) is 1.73. The van der Waals surface area contributed by atoms with Gasteiger partial charge in [0.05, 0.1) is 12.0 Å². The van der Waals surface area contributed by atoms with Crippen LogP contribution < -0.4 is 5.73 Å². The first-order valence-corrected chi connectivity index (χ1v) is 5.91. The van der Waals surface area contributed by atoms with Crippen LogP contribution in [0.5, 0.6) is 0 Å². The van der Waals surface area contributed by atoms with Crippen molar-refractivity contribution in [1.29, 1.82) is 0 Å². The zero-order chi connectivity index (χ0) is 12.0. The van der Waals surface area contributed by atoms with Gasteiger partial charge in [-0.2, -0.15) is 0 Å². The molecule has 1 unspecified atom stereocenters. The highest BCUT2D eigenvalue weighted by molar-refractivity contribution is 5.05. The lowest BCUT2D eigenvalue weighted by Crippen LogP contribution is -2.20. The molecule has 4 heteroatoms. The molecule has 0 bridgehead atoms. The van der Waals surface area contributed by atoms with Crippen LogP contribution in [0.25, 0.3) is 0 Å². The van der Waals surface area contributed by atoms with Crippen molar-refractivity contribution in [3.8, 4) is 0 Å². The molecule has 1 rings (SSSR count). The summed E-state index contributed by atoms with van der Waals surface area (Å²) in [6.07, 6.45) is 5.92. The first-order valence-electron chi connectivity index (χ1n) is 5.91. The van der Waals surface area contributed by atoms with Crippen molar-refractivity contribution in [2.75, 3.05) is 13.7 Å². The first kappa shape index (κ1) is 13.2. The van der Waals surface area contributed by atoms with E-state index in [1.165, 1.54) is 0 Å². The Kier molecular flexibility index (Phi) is 5.49. The highest BCUT2D eigenvalue weighted by Crippen LogP contribution is 2.18. The minimum Gasteiger partial charge on any atom is -0.385 e. The van der Waals surface area contributed by atoms with Crippen LogP contribution >= 0.6 is 0 Å². The van der Waals surface area contributed by atoms with Gasteiger partial charge in [0.1, 0.15) is 0 Å². The molecular weight excluding hydrogens is 202 g/mol. The minimum absolute atomic E-state index is 0.0740. The molecule has 0 fully saturated rings. The predicted molar refractivity (Wildman–Crippen MR) is 65.1 cm³/mol. The quantitative estimate of drug-likeness (QED) is 0.722. The van der Waals surface area contributed by atoms with Crippen LogP contribution in [-0.4, -0.2) is 23.3 Å². The zero-order valence-electron chi connectivity index (χ0n) is 10.5. The van der Waals surface area contributed by atoms with Crippen LogP contribution in [-0.2, 0) is 11.3 Å². The van der Waals surface area contributed by atoms with Crippen molar-refractivity contribution < 1.29 is 4.74 Å². The molecule has 0 aliphatic rings. The summed E-state index contributed by atoms with van der Waals surface area (Å²) in [6, 6.07) is 0.0740. The highest BCUT2D eigenvalue weighted by Gasteiger charge is 2.14. The van der Waals surface area contributed by atoms with E-state index in [2.05, 4.69) is 23.4 Å². The van der Waals surface area contributed by atoms with E-state index in [0.717, 1.165) is 31.7 Å². The SMILES string of the molecule is COCCCCn1cncc1C(N)C(C)C. The third-order valence-corrected chi connectivity index (χ3v) is 2.80. The van der Waals surface area contributed by atoms with Gasteiger partial charge in [0.2, 0.25) is 0 Å². The molecule has 4 nitrogen and oxygen atoms in total. The Morgan fingerprint density at radius 3 is 2.81 bits per heavy atom. The van der Waals surface area contributed by atoms with Crippen LogP contribution in [0.3, 0.4) is 0 Å². The van der Waals surface area contributed by atoms with Gasteiger partial charge in [-0.1, -0.05) is 13.8 Å². The average molecular weight is 225 g/mol. The molecule has 1 atom stereocenters. The van der Waals surface area contributed by atoms with E-state index in [0.29, 0.717) is 5.92 Å². The van der Waals surface area contributed by atoms with Crippen molar-refractivity contribution in [3.63, 3.8) is 0 Å². The van der Waals surface area contributed by atoms with Gasteiger partial charge in [-0.15, -0.1) is 0 Å². The second kappa shape index (κ2) is 6.66. The number of ether oxygens (including phenoxy) is 1. The maximum Gasteiger partial charge on any atom is 0.0948 e. The number of unbranched alkanes of at least 4 members (excludes halogenated alkanes) is 1. The standard InChI is InChI=1S/C12H23N3O/c1-10(2)12(13)11-8-14-9-15(11)6-4-5-7-16-3/h8-10,12H,4-7,13H2,1-3H3. The normalized spacial score (nSPS) is 13.3. The molecule has 1 aromatic heterocycles. The molecule has 0 aliphatic heterocycles. The zero-order valence-corrected chi connectivity index (χ0v) is 10.5. The van der Waals surface area contributed by atoms with E-state index >= 15 is 0 Å². The van der Waals surface area contributed by atoms with Gasteiger partial charge >= 0.3 is 0 Å². The molecule has 0 saturated carbocycles. The summed E-state index contributed by atoms with van der Waals surface area (Å²) < 4.78 is 7.18. The number of rotatable bonds is 7. The molecular formula is C12H23N3O. The van der Waals surface area contributed by atoms with E-state index in [4.69, 9.17) is 10.5 Å². The van der Waals surface area contributed by atoms with E-state index in [1.54, 1.807) is 7.11 Å². The summed E-state index contributed by atoms with van der Waals surface area (Å²) in [6.45, 7) is 6.05. The van der Waals surface area contributed by atoms with E-state index < -0.39 is 0 Å². The first-order chi connectivity index (χ1) is 7.66. The Morgan fingerprint density at radius 2 is 2.19 bits per heavy atom. The monoisotopic (exact) mass is 225 g/mol. The molecule has 16 heavy (non-hydrogen) atoms. The number of methoxy groups -OCH3 is 1. The maximum absolute atomic E-state index is 6.13. The van der Waals surface area contributed by atoms with E-state index in [-0.39, 0.29) is 6.04 Å². The second-order valence-electron chi connectivity index (χ2n) is 4.48. The Bertz CT molecular complexity index is 296. The molecule has 0 radical (unpaired) electrons. The van der Waals surface area contributed by atoms with Crippen LogP contribution in [0.1, 0.15) is 38.4 Å². The van der Waals surface area contributed by atoms with Crippen LogP contribution in [0.2, 0.25) is 0 Å². The molecule has 0 spiro atoms. The van der Waals surface area contributed by atoms with Gasteiger partial charge in [-0.25, -0.2) is 4.98 Å². The van der Waals surface area contributed by atoms with Gasteiger partial charge in [0, 0.05) is 32.5 Å². The number of aromatic nitrogens is 2. The average Bonchev–Trinajstić information content (AvgIpc) is 2.71. The van der Waals surface area contributed by atoms with E-state index in [1.807, 2.05) is 12.5 Å². The fourth-order valence-electron chi connectivity index (χ4n) is 1.67. The molecule has 1 aromatic rings. The minimum atomic E-state index is 0.0740. The lowest BCUT2D eigenvalue weighted by Gasteiger charge is -2.17. The number of hydrogen-bond donors (Lipinski definition) is 1. The molecule has 2 N–H and O–H groups in total. The fraction of sp³-hybridized carbons (Fsp3) is 0.750. The van der Waals surface area contributed by atoms with Crippen molar-refractivity contribution in [2.45, 2.75) is 39.3 Å². The van der Waals surface area contributed by atoms with Gasteiger partial charge in [0.15, 0.2) is 0 Å². The van der Waals surface area contributed by atoms with Gasteiger partial charge in [0.25, 0.3) is 0 Å². The molecule has 0 aromatic carbocycles. The summed E-state index contributed by atoms with van der Waals surface area (Å²) >= 11 is 0. The summed E-state index contributed by atoms with van der Waals surface area (Å²) in [4.78, 5) is 4.18. The Morgan fingerprint density at radius 1 is 1.44 bits per heavy atom. The lowest BCUT2D eigenvalue weighted by atomic mass is 10.0. The number of aryl methyl sites for hydroxylation is 1. The van der Waals surface area contributed by atoms with Gasteiger partial charge in [-0.3, -0.25) is 0 Å². The number of imidazole rings is 1. The topological polar surface area (TPSA) is 53.1 Å². The predicted octanol–water partition coefficient (Wildman–Crippen LogP) is 1.97. The van der Waals surface area contributed by atoms with Crippen molar-refractivity contribution >= 4 is 0 Å². The third kappa shape index (κ3) is 3.61. The van der Waals surface area contributed by atoms with Gasteiger partial charge < -0.3 is 15.0 Å². The van der Waals surface area contributed by atoms with Crippen molar-refractivity contribution in [1.82, 2.24) is 9.55 Å². The van der Waals surface area contributed by atoms with Crippen LogP contribution in [0, 0.1) is 5.92 Å². The van der Waals surface area contributed by atoms with Crippen LogP contribution in [0.4, 0.5) is 0 Å². The Balaban J connectivity index is 2.50. The maximum atomic E-state index is 6.13. The number of nitrogens with zero attached hydrogens (tertiary/aromatic N) is 2. The molecule has 0 saturated heterocycles. The largest absolute Gasteiger partial charge is 0.385 e. The molecule has 1 heterocycles. The van der Waals surface area contributed by atoms with Gasteiger partial charge in [-0.05, 0) is 18.8 Å². The summed E-state index contributed by atoms with van der Waals surface area (Å²) in [5, 5.41) is 0. The highest BCUT2D eigenvalue weighted by atomic mass is 16.5. The molecule has 0 aliphatic carbocycles. The molecule has 92 valence electrons.